The third-order valence-corrected chi connectivity index (χ3v) is 4.08. The number of ether oxygens (including phenoxy) is 1. The van der Waals surface area contributed by atoms with Gasteiger partial charge in [0.25, 0.3) is 0 Å². The van der Waals surface area contributed by atoms with Crippen molar-refractivity contribution in [3.8, 4) is 17.3 Å². The number of nitrogens with zero attached hydrogens (tertiary/aromatic N) is 7. The Morgan fingerprint density at radius 2 is 1.85 bits per heavy atom. The summed E-state index contributed by atoms with van der Waals surface area (Å²) in [5, 5.41) is 3.92. The van der Waals surface area contributed by atoms with E-state index < -0.39 is 0 Å². The molecule has 0 aromatic carbocycles. The molecule has 1 N–H and O–H groups in total. The number of aryl methyl sites for hydroxylation is 1. The zero-order valence-electron chi connectivity index (χ0n) is 15.8. The van der Waals surface area contributed by atoms with Crippen LogP contribution in [0.5, 0.6) is 5.88 Å². The number of aromatic nitrogens is 6. The number of hydrogen-bond acceptors (Lipinski definition) is 10. The first-order valence-corrected chi connectivity index (χ1v) is 9.31. The van der Waals surface area contributed by atoms with Crippen LogP contribution in [0.25, 0.3) is 11.4 Å². The molecule has 0 unspecified atom stereocenters. The fraction of sp³-hybridized carbons (Fsp3) is 0.294. The van der Waals surface area contributed by atoms with Gasteiger partial charge in [-0.05, 0) is 19.2 Å². The Morgan fingerprint density at radius 3 is 2.48 bits per heavy atom. The van der Waals surface area contributed by atoms with E-state index in [4.69, 9.17) is 4.74 Å². The maximum atomic E-state index is 5.10. The van der Waals surface area contributed by atoms with E-state index in [0.717, 1.165) is 5.69 Å². The van der Waals surface area contributed by atoms with Crippen molar-refractivity contribution >= 4 is 29.2 Å². The van der Waals surface area contributed by atoms with Crippen LogP contribution in [0.2, 0.25) is 0 Å². The predicted molar refractivity (Wildman–Crippen MR) is 106 cm³/mol. The largest absolute Gasteiger partial charge is 0.481 e. The van der Waals surface area contributed by atoms with Gasteiger partial charge in [0, 0.05) is 26.4 Å². The maximum Gasteiger partial charge on any atom is 0.226 e. The molecule has 3 aromatic rings. The van der Waals surface area contributed by atoms with Gasteiger partial charge in [-0.3, -0.25) is 0 Å². The molecule has 0 fully saturated rings. The molecule has 9 nitrogen and oxygen atoms in total. The van der Waals surface area contributed by atoms with Crippen LogP contribution in [0.15, 0.2) is 29.7 Å². The van der Waals surface area contributed by atoms with E-state index in [1.54, 1.807) is 25.6 Å². The average molecular weight is 384 g/mol. The van der Waals surface area contributed by atoms with Crippen LogP contribution in [0.3, 0.4) is 0 Å². The minimum atomic E-state index is 0.515. The second kappa shape index (κ2) is 8.12. The first-order valence-electron chi connectivity index (χ1n) is 8.08. The smallest absolute Gasteiger partial charge is 0.226 e. The van der Waals surface area contributed by atoms with Gasteiger partial charge < -0.3 is 15.0 Å². The Kier molecular flexibility index (Phi) is 5.65. The van der Waals surface area contributed by atoms with Gasteiger partial charge in [-0.2, -0.15) is 4.98 Å². The topological polar surface area (TPSA) is 102 Å². The fourth-order valence-electron chi connectivity index (χ4n) is 2.23. The highest BCUT2D eigenvalue weighted by Crippen LogP contribution is 2.28. The van der Waals surface area contributed by atoms with Gasteiger partial charge in [-0.15, -0.1) is 0 Å². The quantitative estimate of drug-likeness (QED) is 0.638. The highest BCUT2D eigenvalue weighted by Gasteiger charge is 2.15. The number of nitrogens with one attached hydrogen (secondary N) is 1. The summed E-state index contributed by atoms with van der Waals surface area (Å²) < 4.78 is 5.10. The number of rotatable bonds is 6. The fourth-order valence-corrected chi connectivity index (χ4v) is 2.63. The number of pyridine rings is 1. The van der Waals surface area contributed by atoms with Gasteiger partial charge in [0.2, 0.25) is 11.8 Å². The molecule has 0 amide bonds. The lowest BCUT2D eigenvalue weighted by molar-refractivity contribution is 0.398. The molecule has 10 heteroatoms. The van der Waals surface area contributed by atoms with Crippen LogP contribution >= 0.6 is 11.8 Å². The van der Waals surface area contributed by atoms with Crippen LogP contribution in [0.1, 0.15) is 5.82 Å². The summed E-state index contributed by atoms with van der Waals surface area (Å²) in [5.74, 6) is 2.84. The lowest BCUT2D eigenvalue weighted by Gasteiger charge is -2.15. The molecule has 0 spiro atoms. The summed E-state index contributed by atoms with van der Waals surface area (Å²) in [7, 11) is 5.34. The number of thioether (sulfide) groups is 1. The van der Waals surface area contributed by atoms with Crippen molar-refractivity contribution in [2.75, 3.05) is 37.7 Å². The van der Waals surface area contributed by atoms with E-state index in [9.17, 15) is 0 Å². The summed E-state index contributed by atoms with van der Waals surface area (Å²) in [6.07, 6.45) is 5.30. The number of hydrogen-bond donors (Lipinski definition) is 1. The van der Waals surface area contributed by atoms with Gasteiger partial charge in [-0.1, -0.05) is 11.8 Å². The first kappa shape index (κ1) is 18.8. The van der Waals surface area contributed by atoms with E-state index in [0.29, 0.717) is 40.0 Å². The molecule has 0 radical (unpaired) electrons. The molecule has 140 valence electrons. The summed E-state index contributed by atoms with van der Waals surface area (Å²) in [6, 6.07) is 3.63. The average Bonchev–Trinajstić information content (AvgIpc) is 2.68. The van der Waals surface area contributed by atoms with E-state index >= 15 is 0 Å². The predicted octanol–water partition coefficient (Wildman–Crippen LogP) is 2.57. The van der Waals surface area contributed by atoms with Crippen molar-refractivity contribution < 1.29 is 4.74 Å². The van der Waals surface area contributed by atoms with Gasteiger partial charge in [0.15, 0.2) is 11.0 Å². The van der Waals surface area contributed by atoms with Gasteiger partial charge in [0.05, 0.1) is 24.6 Å². The van der Waals surface area contributed by atoms with Gasteiger partial charge in [-0.25, -0.2) is 24.9 Å². The zero-order chi connectivity index (χ0) is 19.4. The van der Waals surface area contributed by atoms with Gasteiger partial charge >= 0.3 is 0 Å². The monoisotopic (exact) mass is 384 g/mol. The summed E-state index contributed by atoms with van der Waals surface area (Å²) in [5.41, 5.74) is 1.44. The minimum Gasteiger partial charge on any atom is -0.481 e. The molecule has 3 heterocycles. The number of methoxy groups -OCH3 is 1. The van der Waals surface area contributed by atoms with Crippen molar-refractivity contribution in [2.45, 2.75) is 12.1 Å². The number of anilines is 3. The van der Waals surface area contributed by atoms with Crippen LogP contribution in [-0.4, -0.2) is 57.4 Å². The minimum absolute atomic E-state index is 0.515. The molecule has 0 atom stereocenters. The summed E-state index contributed by atoms with van der Waals surface area (Å²) in [4.78, 5) is 28.3. The Hall–Kier alpha value is -3.01. The van der Waals surface area contributed by atoms with Crippen molar-refractivity contribution in [1.82, 2.24) is 29.9 Å². The van der Waals surface area contributed by atoms with Crippen molar-refractivity contribution in [1.29, 1.82) is 0 Å². The second-order valence-electron chi connectivity index (χ2n) is 5.73. The van der Waals surface area contributed by atoms with Gasteiger partial charge in [0.1, 0.15) is 11.6 Å². The highest BCUT2D eigenvalue weighted by atomic mass is 32.2. The third-order valence-electron chi connectivity index (χ3n) is 3.53. The summed E-state index contributed by atoms with van der Waals surface area (Å²) >= 11 is 1.46. The Bertz CT molecular complexity index is 933. The van der Waals surface area contributed by atoms with Crippen LogP contribution in [0, 0.1) is 6.92 Å². The molecule has 0 aliphatic heterocycles. The summed E-state index contributed by atoms with van der Waals surface area (Å²) in [6.45, 7) is 1.83. The van der Waals surface area contributed by atoms with Crippen LogP contribution < -0.4 is 15.0 Å². The standard InChI is InChI=1S/C17H20N8OS/c1-10-20-14(24-17(21-10)27-5)12-9-19-16(25(2)3)23-15(12)22-11-6-7-13(26-4)18-8-11/h6-9H,1-5H3,(H,19,22,23). The normalized spacial score (nSPS) is 10.6. The molecule has 3 aromatic heterocycles. The van der Waals surface area contributed by atoms with E-state index in [1.807, 2.05) is 38.2 Å². The molecular formula is C17H20N8OS. The Morgan fingerprint density at radius 1 is 1.04 bits per heavy atom. The molecule has 0 saturated carbocycles. The second-order valence-corrected chi connectivity index (χ2v) is 6.51. The zero-order valence-corrected chi connectivity index (χ0v) is 16.6. The molecule has 0 aliphatic carbocycles. The molecule has 3 rings (SSSR count). The van der Waals surface area contributed by atoms with Crippen LogP contribution in [-0.2, 0) is 0 Å². The highest BCUT2D eigenvalue weighted by molar-refractivity contribution is 7.98. The molecule has 0 aliphatic rings. The lowest BCUT2D eigenvalue weighted by Crippen LogP contribution is -2.14. The van der Waals surface area contributed by atoms with Crippen molar-refractivity contribution in [2.24, 2.45) is 0 Å². The van der Waals surface area contributed by atoms with E-state index in [1.165, 1.54) is 11.8 Å². The van der Waals surface area contributed by atoms with Crippen molar-refractivity contribution in [3.05, 3.63) is 30.4 Å². The lowest BCUT2D eigenvalue weighted by atomic mass is 10.2. The SMILES string of the molecule is COc1ccc(Nc2nc(N(C)C)ncc2-c2nc(C)nc(SC)n2)cn1. The third kappa shape index (κ3) is 4.40. The van der Waals surface area contributed by atoms with E-state index in [-0.39, 0.29) is 0 Å². The Balaban J connectivity index is 2.06. The molecular weight excluding hydrogens is 364 g/mol. The molecule has 27 heavy (non-hydrogen) atoms. The van der Waals surface area contributed by atoms with Crippen LogP contribution in [0.4, 0.5) is 17.5 Å². The first-order chi connectivity index (χ1) is 13.0. The Labute approximate surface area is 161 Å². The maximum absolute atomic E-state index is 5.10. The van der Waals surface area contributed by atoms with E-state index in [2.05, 4.69) is 35.2 Å². The molecule has 0 saturated heterocycles. The molecule has 0 bridgehead atoms. The van der Waals surface area contributed by atoms with Crippen molar-refractivity contribution in [3.63, 3.8) is 0 Å².